The first-order valence-electron chi connectivity index (χ1n) is 3.60. The molecule has 0 saturated heterocycles. The van der Waals surface area contributed by atoms with Gasteiger partial charge in [-0.1, -0.05) is 0 Å². The standard InChI is InChI=1S/C7H14IS/c1-2-8-6-4-3-5-7(6)9/h6-7,9H,2-5H2,1H3/q-1/t6-,7?/m0/s1. The van der Waals surface area contributed by atoms with Crippen LogP contribution in [-0.4, -0.2) is 13.6 Å². The van der Waals surface area contributed by atoms with Gasteiger partial charge in [-0.05, 0) is 0 Å². The third-order valence-corrected chi connectivity index (χ3v) is 6.44. The molecule has 0 spiro atoms. The van der Waals surface area contributed by atoms with Gasteiger partial charge in [0, 0.05) is 0 Å². The van der Waals surface area contributed by atoms with Crippen molar-refractivity contribution < 1.29 is 21.2 Å². The van der Waals surface area contributed by atoms with Gasteiger partial charge in [0.25, 0.3) is 0 Å². The minimum atomic E-state index is 0.508. The summed E-state index contributed by atoms with van der Waals surface area (Å²) in [6, 6.07) is 0. The van der Waals surface area contributed by atoms with E-state index in [2.05, 4.69) is 19.6 Å². The molecule has 56 valence electrons. The molecule has 0 aliphatic heterocycles. The number of thiol groups is 1. The van der Waals surface area contributed by atoms with Crippen molar-refractivity contribution in [2.24, 2.45) is 0 Å². The number of halogens is 1. The summed E-state index contributed by atoms with van der Waals surface area (Å²) in [5.41, 5.74) is 0. The fraction of sp³-hybridized carbons (Fsp3) is 1.00. The number of hydrogen-bond donors (Lipinski definition) is 1. The Hall–Kier alpha value is 1.08. The topological polar surface area (TPSA) is 0 Å². The van der Waals surface area contributed by atoms with Crippen molar-refractivity contribution in [2.45, 2.75) is 35.4 Å². The van der Waals surface area contributed by atoms with Crippen LogP contribution >= 0.6 is 12.6 Å². The molecule has 9 heavy (non-hydrogen) atoms. The Kier molecular flexibility index (Phi) is 3.69. The normalized spacial score (nSPS) is 35.8. The van der Waals surface area contributed by atoms with E-state index in [0.717, 1.165) is 9.17 Å². The number of hydrogen-bond acceptors (Lipinski definition) is 1. The van der Waals surface area contributed by atoms with Crippen molar-refractivity contribution in [2.75, 3.05) is 4.43 Å². The van der Waals surface area contributed by atoms with Gasteiger partial charge in [0.15, 0.2) is 0 Å². The molecule has 1 fully saturated rings. The second-order valence-electron chi connectivity index (χ2n) is 2.44. The molecule has 0 aromatic heterocycles. The molecule has 1 unspecified atom stereocenters. The molecule has 0 amide bonds. The summed E-state index contributed by atoms with van der Waals surface area (Å²) in [5.74, 6) is 0. The van der Waals surface area contributed by atoms with Gasteiger partial charge in [-0.3, -0.25) is 0 Å². The SMILES string of the molecule is CC[I-][C@H]1CCCC1S. The zero-order valence-corrected chi connectivity index (χ0v) is 8.86. The molecule has 0 heterocycles. The van der Waals surface area contributed by atoms with Crippen LogP contribution in [-0.2, 0) is 0 Å². The van der Waals surface area contributed by atoms with Crippen molar-refractivity contribution in [1.82, 2.24) is 0 Å². The first-order valence-corrected chi connectivity index (χ1v) is 6.89. The maximum absolute atomic E-state index is 4.55. The van der Waals surface area contributed by atoms with Gasteiger partial charge in [-0.2, -0.15) is 0 Å². The quantitative estimate of drug-likeness (QED) is 0.364. The fourth-order valence-corrected chi connectivity index (χ4v) is 5.10. The van der Waals surface area contributed by atoms with Crippen LogP contribution in [0.15, 0.2) is 0 Å². The van der Waals surface area contributed by atoms with Crippen LogP contribution in [0.25, 0.3) is 0 Å². The Morgan fingerprint density at radius 3 is 2.78 bits per heavy atom. The fourth-order valence-electron chi connectivity index (χ4n) is 1.27. The summed E-state index contributed by atoms with van der Waals surface area (Å²) in [4.78, 5) is 0. The van der Waals surface area contributed by atoms with Crippen LogP contribution in [0.3, 0.4) is 0 Å². The summed E-state index contributed by atoms with van der Waals surface area (Å²) < 4.78 is 2.50. The average Bonchev–Trinajstić information content (AvgIpc) is 2.18. The first-order chi connectivity index (χ1) is 4.34. The van der Waals surface area contributed by atoms with E-state index in [0.29, 0.717) is 21.2 Å². The first kappa shape index (κ1) is 8.18. The van der Waals surface area contributed by atoms with Crippen molar-refractivity contribution in [3.8, 4) is 0 Å². The zero-order valence-electron chi connectivity index (χ0n) is 5.81. The summed E-state index contributed by atoms with van der Waals surface area (Å²) in [7, 11) is 0. The van der Waals surface area contributed by atoms with E-state index in [1.165, 1.54) is 23.7 Å². The predicted octanol–water partition coefficient (Wildman–Crippen LogP) is -1.05. The second-order valence-corrected chi connectivity index (χ2v) is 7.11. The molecule has 2 atom stereocenters. The van der Waals surface area contributed by atoms with E-state index in [9.17, 15) is 0 Å². The Morgan fingerprint density at radius 2 is 2.33 bits per heavy atom. The molecule has 1 aliphatic rings. The molecule has 0 radical (unpaired) electrons. The van der Waals surface area contributed by atoms with Crippen LogP contribution in [0, 0.1) is 0 Å². The molecule has 1 aliphatic carbocycles. The summed E-state index contributed by atoms with van der Waals surface area (Å²) in [5, 5.41) is 0.776. The molecule has 1 saturated carbocycles. The van der Waals surface area contributed by atoms with E-state index in [4.69, 9.17) is 0 Å². The molecule has 0 bridgehead atoms. The van der Waals surface area contributed by atoms with Crippen LogP contribution in [0.1, 0.15) is 26.2 Å². The van der Waals surface area contributed by atoms with Crippen LogP contribution in [0.2, 0.25) is 0 Å². The van der Waals surface area contributed by atoms with Gasteiger partial charge >= 0.3 is 73.6 Å². The van der Waals surface area contributed by atoms with Crippen molar-refractivity contribution >= 4 is 12.6 Å². The van der Waals surface area contributed by atoms with Crippen LogP contribution in [0.5, 0.6) is 0 Å². The Bertz CT molecular complexity index is 85.0. The molecule has 0 aromatic carbocycles. The summed E-state index contributed by atoms with van der Waals surface area (Å²) in [6.07, 6.45) is 4.31. The van der Waals surface area contributed by atoms with E-state index in [-0.39, 0.29) is 0 Å². The van der Waals surface area contributed by atoms with Gasteiger partial charge in [0.1, 0.15) is 0 Å². The maximum atomic E-state index is 4.55. The van der Waals surface area contributed by atoms with E-state index in [1.54, 1.807) is 0 Å². The Morgan fingerprint density at radius 1 is 1.56 bits per heavy atom. The molecular formula is C7H14IS-. The zero-order chi connectivity index (χ0) is 6.69. The van der Waals surface area contributed by atoms with Gasteiger partial charge in [0.05, 0.1) is 0 Å². The molecule has 0 nitrogen and oxygen atoms in total. The molecule has 0 aromatic rings. The summed E-state index contributed by atoms with van der Waals surface area (Å²) >= 11 is 5.06. The summed E-state index contributed by atoms with van der Waals surface area (Å²) in [6.45, 7) is 2.31. The Labute approximate surface area is 73.5 Å². The van der Waals surface area contributed by atoms with Gasteiger partial charge in [-0.25, -0.2) is 0 Å². The molecular weight excluding hydrogens is 243 g/mol. The molecule has 1 rings (SSSR count). The van der Waals surface area contributed by atoms with E-state index >= 15 is 0 Å². The van der Waals surface area contributed by atoms with E-state index in [1.807, 2.05) is 0 Å². The third kappa shape index (κ3) is 2.30. The van der Waals surface area contributed by atoms with E-state index < -0.39 is 0 Å². The minimum absolute atomic E-state index is 0.508. The average molecular weight is 257 g/mol. The Balaban J connectivity index is 2.22. The predicted molar refractivity (Wildman–Crippen MR) is 41.0 cm³/mol. The van der Waals surface area contributed by atoms with Crippen LogP contribution in [0.4, 0.5) is 0 Å². The van der Waals surface area contributed by atoms with Gasteiger partial charge in [0.2, 0.25) is 0 Å². The monoisotopic (exact) mass is 257 g/mol. The van der Waals surface area contributed by atoms with Crippen LogP contribution < -0.4 is 21.2 Å². The van der Waals surface area contributed by atoms with Crippen molar-refractivity contribution in [1.29, 1.82) is 0 Å². The number of rotatable bonds is 2. The van der Waals surface area contributed by atoms with Gasteiger partial charge in [-0.15, -0.1) is 0 Å². The van der Waals surface area contributed by atoms with Gasteiger partial charge < -0.3 is 0 Å². The van der Waals surface area contributed by atoms with Crippen molar-refractivity contribution in [3.63, 3.8) is 0 Å². The second kappa shape index (κ2) is 4.06. The molecule has 2 heteroatoms. The number of alkyl halides is 2. The third-order valence-electron chi connectivity index (χ3n) is 1.75. The molecule has 0 N–H and O–H groups in total. The van der Waals surface area contributed by atoms with Crippen molar-refractivity contribution in [3.05, 3.63) is 0 Å².